The summed E-state index contributed by atoms with van der Waals surface area (Å²) in [4.78, 5) is 11.8. The van der Waals surface area contributed by atoms with Crippen LogP contribution in [0.4, 0.5) is 5.69 Å². The number of methoxy groups -OCH3 is 1. The first-order valence-electron chi connectivity index (χ1n) is 6.15. The van der Waals surface area contributed by atoms with Crippen molar-refractivity contribution in [2.45, 2.75) is 6.92 Å². The predicted molar refractivity (Wildman–Crippen MR) is 78.3 cm³/mol. The number of anilines is 1. The van der Waals surface area contributed by atoms with Gasteiger partial charge < -0.3 is 10.1 Å². The number of carbonyl (C=O) groups excluding carboxylic acids is 1. The topological polar surface area (TPSA) is 75.7 Å². The molecule has 20 heavy (non-hydrogen) atoms. The van der Waals surface area contributed by atoms with Crippen LogP contribution in [0.1, 0.15) is 5.56 Å². The SMILES string of the molecule is COCCNC(=O)CN(c1ccccc1C)S(C)(=O)=O. The van der Waals surface area contributed by atoms with E-state index in [1.54, 1.807) is 25.1 Å². The Labute approximate surface area is 119 Å². The van der Waals surface area contributed by atoms with E-state index in [0.29, 0.717) is 18.8 Å². The van der Waals surface area contributed by atoms with Gasteiger partial charge in [-0.05, 0) is 18.6 Å². The van der Waals surface area contributed by atoms with Crippen molar-refractivity contribution < 1.29 is 17.9 Å². The molecule has 0 radical (unpaired) electrons. The van der Waals surface area contributed by atoms with Gasteiger partial charge in [0.05, 0.1) is 18.6 Å². The fraction of sp³-hybridized carbons (Fsp3) is 0.462. The van der Waals surface area contributed by atoms with E-state index in [1.165, 1.54) is 7.11 Å². The maximum absolute atomic E-state index is 11.9. The highest BCUT2D eigenvalue weighted by atomic mass is 32.2. The van der Waals surface area contributed by atoms with Gasteiger partial charge in [-0.3, -0.25) is 9.10 Å². The average Bonchev–Trinajstić information content (AvgIpc) is 2.36. The zero-order valence-electron chi connectivity index (χ0n) is 11.9. The molecular weight excluding hydrogens is 280 g/mol. The molecular formula is C13H20N2O4S. The van der Waals surface area contributed by atoms with Gasteiger partial charge in [0, 0.05) is 13.7 Å². The molecule has 7 heteroatoms. The largest absolute Gasteiger partial charge is 0.383 e. The van der Waals surface area contributed by atoms with E-state index in [1.807, 2.05) is 6.07 Å². The summed E-state index contributed by atoms with van der Waals surface area (Å²) >= 11 is 0. The smallest absolute Gasteiger partial charge is 0.240 e. The Kier molecular flexibility index (Phi) is 5.97. The molecule has 0 aliphatic carbocycles. The fourth-order valence-corrected chi connectivity index (χ4v) is 2.62. The second-order valence-electron chi connectivity index (χ2n) is 4.40. The molecule has 1 N–H and O–H groups in total. The highest BCUT2D eigenvalue weighted by Crippen LogP contribution is 2.21. The van der Waals surface area contributed by atoms with Crippen LogP contribution in [0.5, 0.6) is 0 Å². The molecule has 1 aromatic rings. The van der Waals surface area contributed by atoms with Gasteiger partial charge in [-0.1, -0.05) is 18.2 Å². The molecule has 0 unspecified atom stereocenters. The fourth-order valence-electron chi connectivity index (χ4n) is 1.70. The number of rotatable bonds is 7. The maximum atomic E-state index is 11.9. The van der Waals surface area contributed by atoms with Gasteiger partial charge in [0.15, 0.2) is 0 Å². The lowest BCUT2D eigenvalue weighted by atomic mass is 10.2. The molecule has 0 aliphatic rings. The molecule has 0 spiro atoms. The summed E-state index contributed by atoms with van der Waals surface area (Å²) in [7, 11) is -1.99. The van der Waals surface area contributed by atoms with Crippen LogP contribution in [-0.4, -0.2) is 47.4 Å². The van der Waals surface area contributed by atoms with Crippen LogP contribution < -0.4 is 9.62 Å². The van der Waals surface area contributed by atoms with Crippen LogP contribution in [-0.2, 0) is 19.6 Å². The Morgan fingerprint density at radius 1 is 1.35 bits per heavy atom. The third-order valence-corrected chi connectivity index (χ3v) is 3.83. The molecule has 0 aliphatic heterocycles. The lowest BCUT2D eigenvalue weighted by Gasteiger charge is -2.23. The number of nitrogens with one attached hydrogen (secondary N) is 1. The molecule has 0 saturated carbocycles. The van der Waals surface area contributed by atoms with E-state index < -0.39 is 10.0 Å². The summed E-state index contributed by atoms with van der Waals surface area (Å²) in [6.07, 6.45) is 1.09. The first kappa shape index (κ1) is 16.5. The first-order chi connectivity index (χ1) is 9.36. The van der Waals surface area contributed by atoms with E-state index in [4.69, 9.17) is 4.74 Å². The van der Waals surface area contributed by atoms with Crippen LogP contribution in [0.3, 0.4) is 0 Å². The van der Waals surface area contributed by atoms with Crippen LogP contribution in [0.25, 0.3) is 0 Å². The number of sulfonamides is 1. The number of hydrogen-bond acceptors (Lipinski definition) is 4. The van der Waals surface area contributed by atoms with Gasteiger partial charge in [-0.15, -0.1) is 0 Å². The van der Waals surface area contributed by atoms with Crippen LogP contribution in [0.2, 0.25) is 0 Å². The Balaban J connectivity index is 2.88. The summed E-state index contributed by atoms with van der Waals surface area (Å²) in [5.74, 6) is -0.365. The summed E-state index contributed by atoms with van der Waals surface area (Å²) < 4.78 is 29.7. The van der Waals surface area contributed by atoms with E-state index in [-0.39, 0.29) is 12.5 Å². The molecule has 0 fully saturated rings. The third kappa shape index (κ3) is 4.82. The van der Waals surface area contributed by atoms with Crippen molar-refractivity contribution in [1.82, 2.24) is 5.32 Å². The molecule has 0 saturated heterocycles. The van der Waals surface area contributed by atoms with Crippen molar-refractivity contribution in [3.8, 4) is 0 Å². The molecule has 0 heterocycles. The van der Waals surface area contributed by atoms with Gasteiger partial charge >= 0.3 is 0 Å². The molecule has 0 atom stereocenters. The molecule has 0 bridgehead atoms. The maximum Gasteiger partial charge on any atom is 0.240 e. The molecule has 1 aromatic carbocycles. The van der Waals surface area contributed by atoms with Gasteiger partial charge in [0.1, 0.15) is 6.54 Å². The molecule has 0 aromatic heterocycles. The van der Waals surface area contributed by atoms with E-state index in [9.17, 15) is 13.2 Å². The number of para-hydroxylation sites is 1. The highest BCUT2D eigenvalue weighted by Gasteiger charge is 2.21. The van der Waals surface area contributed by atoms with Gasteiger partial charge in [-0.2, -0.15) is 0 Å². The minimum Gasteiger partial charge on any atom is -0.383 e. The molecule has 6 nitrogen and oxygen atoms in total. The number of nitrogens with zero attached hydrogens (tertiary/aromatic N) is 1. The van der Waals surface area contributed by atoms with E-state index in [0.717, 1.165) is 16.1 Å². The summed E-state index contributed by atoms with van der Waals surface area (Å²) in [6.45, 7) is 2.29. The quantitative estimate of drug-likeness (QED) is 0.745. The Morgan fingerprint density at radius 3 is 2.55 bits per heavy atom. The molecule has 1 amide bonds. The first-order valence-corrected chi connectivity index (χ1v) is 8.00. The minimum absolute atomic E-state index is 0.243. The average molecular weight is 300 g/mol. The van der Waals surface area contributed by atoms with E-state index >= 15 is 0 Å². The standard InChI is InChI=1S/C13H20N2O4S/c1-11-6-4-5-7-12(11)15(20(3,17)18)10-13(16)14-8-9-19-2/h4-7H,8-10H2,1-3H3,(H,14,16). The highest BCUT2D eigenvalue weighted by molar-refractivity contribution is 7.92. The zero-order chi connectivity index (χ0) is 15.2. The van der Waals surface area contributed by atoms with Crippen molar-refractivity contribution >= 4 is 21.6 Å². The lowest BCUT2D eigenvalue weighted by molar-refractivity contribution is -0.119. The summed E-state index contributed by atoms with van der Waals surface area (Å²) in [5.41, 5.74) is 1.31. The van der Waals surface area contributed by atoms with Crippen LogP contribution in [0.15, 0.2) is 24.3 Å². The Bertz CT molecular complexity index is 557. The Hall–Kier alpha value is -1.60. The van der Waals surface area contributed by atoms with Crippen LogP contribution >= 0.6 is 0 Å². The number of amides is 1. The van der Waals surface area contributed by atoms with Crippen molar-refractivity contribution in [3.05, 3.63) is 29.8 Å². The third-order valence-electron chi connectivity index (χ3n) is 2.70. The van der Waals surface area contributed by atoms with E-state index in [2.05, 4.69) is 5.32 Å². The monoisotopic (exact) mass is 300 g/mol. The van der Waals surface area contributed by atoms with Crippen molar-refractivity contribution in [2.75, 3.05) is 37.4 Å². The van der Waals surface area contributed by atoms with Crippen molar-refractivity contribution in [1.29, 1.82) is 0 Å². The normalized spacial score (nSPS) is 11.2. The van der Waals surface area contributed by atoms with Gasteiger partial charge in [0.25, 0.3) is 0 Å². The summed E-state index contributed by atoms with van der Waals surface area (Å²) in [6, 6.07) is 7.04. The second-order valence-corrected chi connectivity index (χ2v) is 6.31. The molecule has 112 valence electrons. The number of hydrogen-bond donors (Lipinski definition) is 1. The number of carbonyl (C=O) groups is 1. The van der Waals surface area contributed by atoms with Gasteiger partial charge in [-0.25, -0.2) is 8.42 Å². The number of aryl methyl sites for hydroxylation is 1. The second kappa shape index (κ2) is 7.25. The summed E-state index contributed by atoms with van der Waals surface area (Å²) in [5, 5.41) is 2.61. The minimum atomic E-state index is -3.52. The Morgan fingerprint density at radius 2 is 2.00 bits per heavy atom. The predicted octanol–water partition coefficient (Wildman–Crippen LogP) is 0.524. The zero-order valence-corrected chi connectivity index (χ0v) is 12.7. The van der Waals surface area contributed by atoms with Crippen molar-refractivity contribution in [3.63, 3.8) is 0 Å². The molecule has 1 rings (SSSR count). The number of benzene rings is 1. The van der Waals surface area contributed by atoms with Crippen molar-refractivity contribution in [2.24, 2.45) is 0 Å². The lowest BCUT2D eigenvalue weighted by Crippen LogP contribution is -2.41. The van der Waals surface area contributed by atoms with Gasteiger partial charge in [0.2, 0.25) is 15.9 Å². The van der Waals surface area contributed by atoms with Crippen LogP contribution in [0, 0.1) is 6.92 Å². The number of ether oxygens (including phenoxy) is 1.